The van der Waals surface area contributed by atoms with Crippen LogP contribution in [0.15, 0.2) is 125 Å². The van der Waals surface area contributed by atoms with Crippen molar-refractivity contribution >= 4 is 14.9 Å². The molecular formula is C41H43Cl2Zr-. The third-order valence-electron chi connectivity index (χ3n) is 8.85. The van der Waals surface area contributed by atoms with E-state index < -0.39 is 0 Å². The first-order valence-electron chi connectivity index (χ1n) is 15.8. The molecule has 0 aliphatic heterocycles. The summed E-state index contributed by atoms with van der Waals surface area (Å²) in [6, 6.07) is 28.1. The summed E-state index contributed by atoms with van der Waals surface area (Å²) in [4.78, 5) is 0. The topological polar surface area (TPSA) is 0 Å². The average Bonchev–Trinajstić information content (AvgIpc) is 3.70. The minimum atomic E-state index is 0. The molecule has 0 saturated carbocycles. The number of fused-ring (bicyclic) bond motifs is 2. The van der Waals surface area contributed by atoms with Crippen molar-refractivity contribution in [2.24, 2.45) is 5.41 Å². The van der Waals surface area contributed by atoms with Gasteiger partial charge in [-0.2, -0.15) is 0 Å². The SMILES string of the molecule is CCCC1=CC(CC)(CCC)C(C2=CC=CC2)=C2[C-]=c3cc(CC)ccc3=C12.[Cl-].[Cl-].[Zr+2]=[C](c1ccccc1)c1ccccc1. The van der Waals surface area contributed by atoms with Gasteiger partial charge in [0.1, 0.15) is 0 Å². The van der Waals surface area contributed by atoms with E-state index in [2.05, 4.69) is 137 Å². The Balaban J connectivity index is 0.000000280. The fraction of sp³-hybridized carbons (Fsp3) is 0.293. The summed E-state index contributed by atoms with van der Waals surface area (Å²) in [5, 5.41) is 2.70. The van der Waals surface area contributed by atoms with Gasteiger partial charge in [-0.1, -0.05) is 99.3 Å². The standard InChI is InChI=1S/C28H33.C13H10.2ClH.Zr/c1-5-11-22-19-28(8-4,16-6-2)27(21-12-9-10-13-21)25-18-23-17-20(7-3)14-15-24(23)26(22)25;1-3-7-12(8-4-1)11-13-9-5-2-6-10-13;;;/h9-10,12,14-15,17,19H,5-8,11,13,16H2,1-4H3;1-10H;2*1H;/q-1;;;;+2/p-2. The second-order valence-corrected chi connectivity index (χ2v) is 12.8. The molecule has 226 valence electrons. The maximum absolute atomic E-state index is 3.91. The van der Waals surface area contributed by atoms with E-state index >= 15 is 0 Å². The molecule has 3 aromatic carbocycles. The number of benzene rings is 3. The first-order valence-corrected chi connectivity index (χ1v) is 17.1. The van der Waals surface area contributed by atoms with Gasteiger partial charge in [0, 0.05) is 0 Å². The van der Waals surface area contributed by atoms with E-state index in [9.17, 15) is 0 Å². The Bertz CT molecular complexity index is 1650. The molecule has 3 heteroatoms. The number of hydrogen-bond donors (Lipinski definition) is 0. The van der Waals surface area contributed by atoms with Crippen LogP contribution < -0.4 is 35.3 Å². The molecule has 3 aliphatic rings. The Morgan fingerprint density at radius 2 is 1.50 bits per heavy atom. The van der Waals surface area contributed by atoms with Gasteiger partial charge < -0.3 is 24.8 Å². The number of allylic oxidation sites excluding steroid dienone is 8. The van der Waals surface area contributed by atoms with Gasteiger partial charge in [0.25, 0.3) is 0 Å². The van der Waals surface area contributed by atoms with E-state index in [0.29, 0.717) is 0 Å². The molecule has 0 saturated heterocycles. The molecule has 0 fully saturated rings. The van der Waals surface area contributed by atoms with Gasteiger partial charge >= 0.3 is 99.2 Å². The zero-order chi connectivity index (χ0) is 29.5. The Labute approximate surface area is 292 Å². The molecule has 0 aromatic heterocycles. The fourth-order valence-corrected chi connectivity index (χ4v) is 7.59. The zero-order valence-corrected chi connectivity index (χ0v) is 30.5. The Morgan fingerprint density at radius 1 is 0.841 bits per heavy atom. The van der Waals surface area contributed by atoms with Gasteiger partial charge in [-0.25, -0.2) is 0 Å². The number of rotatable bonds is 9. The molecule has 3 aliphatic carbocycles. The second kappa shape index (κ2) is 16.8. The van der Waals surface area contributed by atoms with E-state index in [0.717, 1.165) is 25.7 Å². The molecule has 0 amide bonds. The predicted octanol–water partition coefficient (Wildman–Crippen LogP) is 3.00. The van der Waals surface area contributed by atoms with Crippen LogP contribution in [0.25, 0.3) is 11.6 Å². The molecule has 0 spiro atoms. The minimum absolute atomic E-state index is 0. The van der Waals surface area contributed by atoms with Crippen molar-refractivity contribution in [2.75, 3.05) is 0 Å². The molecule has 0 N–H and O–H groups in total. The third kappa shape index (κ3) is 7.55. The van der Waals surface area contributed by atoms with Gasteiger partial charge in [-0.05, 0) is 37.5 Å². The van der Waals surface area contributed by atoms with Gasteiger partial charge in [-0.3, -0.25) is 0 Å². The van der Waals surface area contributed by atoms with Crippen LogP contribution in [-0.4, -0.2) is 3.21 Å². The predicted molar refractivity (Wildman–Crippen MR) is 177 cm³/mol. The third-order valence-corrected chi connectivity index (χ3v) is 10.3. The Kier molecular flexibility index (Phi) is 13.8. The molecule has 3 aromatic rings. The molecule has 1 unspecified atom stereocenters. The first-order chi connectivity index (χ1) is 20.5. The van der Waals surface area contributed by atoms with Gasteiger partial charge in [0.15, 0.2) is 0 Å². The Hall–Kier alpha value is -2.31. The van der Waals surface area contributed by atoms with Crippen LogP contribution in [0.5, 0.6) is 0 Å². The average molecular weight is 698 g/mol. The molecule has 0 heterocycles. The van der Waals surface area contributed by atoms with Gasteiger partial charge in [-0.15, -0.1) is 33.7 Å². The van der Waals surface area contributed by atoms with E-state index in [-0.39, 0.29) is 30.2 Å². The molecule has 1 atom stereocenters. The fourth-order valence-electron chi connectivity index (χ4n) is 6.77. The summed E-state index contributed by atoms with van der Waals surface area (Å²) in [5.41, 5.74) is 11.7. The monoisotopic (exact) mass is 695 g/mol. The zero-order valence-electron chi connectivity index (χ0n) is 26.5. The molecular weight excluding hydrogens is 655 g/mol. The normalized spacial score (nSPS) is 17.6. The summed E-state index contributed by atoms with van der Waals surface area (Å²) >= 11 is 1.46. The van der Waals surface area contributed by atoms with E-state index in [1.54, 1.807) is 11.1 Å². The van der Waals surface area contributed by atoms with Crippen LogP contribution >= 0.6 is 0 Å². The number of halogens is 2. The summed E-state index contributed by atoms with van der Waals surface area (Å²) < 4.78 is 1.42. The maximum atomic E-state index is 3.91. The molecule has 0 radical (unpaired) electrons. The van der Waals surface area contributed by atoms with E-state index in [4.69, 9.17) is 0 Å². The molecule has 44 heavy (non-hydrogen) atoms. The van der Waals surface area contributed by atoms with Crippen molar-refractivity contribution in [3.05, 3.63) is 153 Å². The quantitative estimate of drug-likeness (QED) is 0.302. The van der Waals surface area contributed by atoms with Crippen molar-refractivity contribution in [1.29, 1.82) is 0 Å². The summed E-state index contributed by atoms with van der Waals surface area (Å²) in [5.74, 6) is 0. The van der Waals surface area contributed by atoms with Crippen LogP contribution in [0.3, 0.4) is 0 Å². The summed E-state index contributed by atoms with van der Waals surface area (Å²) in [7, 11) is 0. The summed E-state index contributed by atoms with van der Waals surface area (Å²) in [6.45, 7) is 9.25. The number of hydrogen-bond acceptors (Lipinski definition) is 0. The van der Waals surface area contributed by atoms with Crippen molar-refractivity contribution < 1.29 is 49.0 Å². The van der Waals surface area contributed by atoms with Crippen molar-refractivity contribution in [2.45, 2.75) is 72.6 Å². The van der Waals surface area contributed by atoms with Gasteiger partial charge in [0.2, 0.25) is 0 Å². The van der Waals surface area contributed by atoms with Gasteiger partial charge in [0.05, 0.1) is 0 Å². The van der Waals surface area contributed by atoms with Crippen molar-refractivity contribution in [3.8, 4) is 0 Å². The van der Waals surface area contributed by atoms with Crippen molar-refractivity contribution in [1.82, 2.24) is 0 Å². The van der Waals surface area contributed by atoms with Crippen LogP contribution in [0.4, 0.5) is 0 Å². The van der Waals surface area contributed by atoms with Crippen molar-refractivity contribution in [3.63, 3.8) is 0 Å². The Morgan fingerprint density at radius 3 is 2.02 bits per heavy atom. The number of aryl methyl sites for hydroxylation is 1. The first kappa shape index (κ1) is 36.2. The van der Waals surface area contributed by atoms with Crippen LogP contribution in [0.1, 0.15) is 82.9 Å². The molecule has 6 rings (SSSR count). The summed E-state index contributed by atoms with van der Waals surface area (Å²) in [6.07, 6.45) is 21.5. The van der Waals surface area contributed by atoms with E-state index in [1.165, 1.54) is 90.6 Å². The molecule has 0 bridgehead atoms. The van der Waals surface area contributed by atoms with Crippen LogP contribution in [-0.2, 0) is 30.7 Å². The van der Waals surface area contributed by atoms with E-state index in [1.807, 2.05) is 0 Å². The van der Waals surface area contributed by atoms with Crippen LogP contribution in [0, 0.1) is 5.41 Å². The second-order valence-electron chi connectivity index (χ2n) is 11.6. The van der Waals surface area contributed by atoms with Crippen LogP contribution in [0.2, 0.25) is 0 Å². The molecule has 0 nitrogen and oxygen atoms in total.